The lowest BCUT2D eigenvalue weighted by atomic mass is 10.0. The number of nitrogens with zero attached hydrogens (tertiary/aromatic N) is 1. The van der Waals surface area contributed by atoms with Gasteiger partial charge in [-0.15, -0.1) is 0 Å². The largest absolute Gasteiger partial charge is 0.478 e. The maximum Gasteiger partial charge on any atom is 0.336 e. The summed E-state index contributed by atoms with van der Waals surface area (Å²) in [5.41, 5.74) is 0.954. The van der Waals surface area contributed by atoms with Crippen molar-refractivity contribution in [2.24, 2.45) is 0 Å². The average molecular weight is 263 g/mol. The molecule has 0 aromatic heterocycles. The molecule has 1 saturated heterocycles. The van der Waals surface area contributed by atoms with Crippen molar-refractivity contribution in [2.75, 3.05) is 38.1 Å². The van der Waals surface area contributed by atoms with Gasteiger partial charge in [-0.1, -0.05) is 6.07 Å². The molecule has 0 unspecified atom stereocenters. The maximum atomic E-state index is 12.0. The minimum Gasteiger partial charge on any atom is -0.478 e. The van der Waals surface area contributed by atoms with Crippen molar-refractivity contribution in [1.29, 1.82) is 0 Å². The number of piperazine rings is 1. The predicted octanol–water partition coefficient (Wildman–Crippen LogP) is 0.154. The lowest BCUT2D eigenvalue weighted by Crippen LogP contribution is -2.44. The standard InChI is InChI=1S/C13H17N3O3/c1-14-12(17)11-9(13(18)19)3-2-4-10(11)16-7-5-15-6-8-16/h2-4,15H,5-8H2,1H3,(H,14,17)(H,18,19). The number of amides is 1. The van der Waals surface area contributed by atoms with E-state index in [1.54, 1.807) is 12.1 Å². The molecule has 102 valence electrons. The van der Waals surface area contributed by atoms with Crippen molar-refractivity contribution in [2.45, 2.75) is 0 Å². The van der Waals surface area contributed by atoms with Crippen LogP contribution >= 0.6 is 0 Å². The minimum absolute atomic E-state index is 0.0374. The summed E-state index contributed by atoms with van der Waals surface area (Å²) in [5.74, 6) is -1.46. The molecule has 1 heterocycles. The molecule has 19 heavy (non-hydrogen) atoms. The van der Waals surface area contributed by atoms with Crippen molar-refractivity contribution in [3.63, 3.8) is 0 Å². The molecule has 1 fully saturated rings. The summed E-state index contributed by atoms with van der Waals surface area (Å²) in [6.45, 7) is 3.16. The molecule has 1 aliphatic heterocycles. The van der Waals surface area contributed by atoms with E-state index in [0.717, 1.165) is 26.2 Å². The van der Waals surface area contributed by atoms with Crippen LogP contribution in [0.25, 0.3) is 0 Å². The van der Waals surface area contributed by atoms with Gasteiger partial charge < -0.3 is 20.6 Å². The summed E-state index contributed by atoms with van der Waals surface area (Å²) in [6.07, 6.45) is 0. The van der Waals surface area contributed by atoms with Crippen molar-refractivity contribution in [3.05, 3.63) is 29.3 Å². The first-order chi connectivity index (χ1) is 9.15. The Morgan fingerprint density at radius 3 is 2.58 bits per heavy atom. The summed E-state index contributed by atoms with van der Waals surface area (Å²) < 4.78 is 0. The van der Waals surface area contributed by atoms with Gasteiger partial charge in [0.15, 0.2) is 0 Å². The highest BCUT2D eigenvalue weighted by molar-refractivity contribution is 6.08. The first-order valence-electron chi connectivity index (χ1n) is 6.19. The number of carboxylic acids is 1. The molecule has 0 radical (unpaired) electrons. The monoisotopic (exact) mass is 263 g/mol. The van der Waals surface area contributed by atoms with E-state index in [9.17, 15) is 14.7 Å². The fourth-order valence-electron chi connectivity index (χ4n) is 2.25. The summed E-state index contributed by atoms with van der Waals surface area (Å²) in [4.78, 5) is 25.3. The highest BCUT2D eigenvalue weighted by Crippen LogP contribution is 2.24. The van der Waals surface area contributed by atoms with Crippen molar-refractivity contribution < 1.29 is 14.7 Å². The third kappa shape index (κ3) is 2.68. The van der Waals surface area contributed by atoms with E-state index < -0.39 is 5.97 Å². The zero-order valence-corrected chi connectivity index (χ0v) is 10.8. The second-order valence-corrected chi connectivity index (χ2v) is 4.32. The molecule has 0 aliphatic carbocycles. The van der Waals surface area contributed by atoms with Crippen LogP contribution in [0.5, 0.6) is 0 Å². The molecule has 1 amide bonds. The van der Waals surface area contributed by atoms with Crippen LogP contribution in [0, 0.1) is 0 Å². The van der Waals surface area contributed by atoms with E-state index in [4.69, 9.17) is 0 Å². The van der Waals surface area contributed by atoms with Crippen LogP contribution in [0.2, 0.25) is 0 Å². The van der Waals surface area contributed by atoms with Gasteiger partial charge in [0.25, 0.3) is 5.91 Å². The molecule has 0 bridgehead atoms. The first kappa shape index (κ1) is 13.4. The average Bonchev–Trinajstić information content (AvgIpc) is 2.46. The van der Waals surface area contributed by atoms with E-state index in [1.165, 1.54) is 13.1 Å². The molecule has 0 saturated carbocycles. The summed E-state index contributed by atoms with van der Waals surface area (Å²) in [6, 6.07) is 4.92. The normalized spacial score (nSPS) is 15.1. The molecular formula is C13H17N3O3. The van der Waals surface area contributed by atoms with E-state index in [2.05, 4.69) is 10.6 Å². The quantitative estimate of drug-likeness (QED) is 0.723. The van der Waals surface area contributed by atoms with Gasteiger partial charge in [0, 0.05) is 33.2 Å². The number of aromatic carboxylic acids is 1. The fourth-order valence-corrected chi connectivity index (χ4v) is 2.25. The number of rotatable bonds is 3. The fraction of sp³-hybridized carbons (Fsp3) is 0.385. The molecule has 0 atom stereocenters. The van der Waals surface area contributed by atoms with Crippen molar-refractivity contribution in [3.8, 4) is 0 Å². The molecule has 1 aromatic rings. The maximum absolute atomic E-state index is 12.0. The third-order valence-corrected chi connectivity index (χ3v) is 3.18. The molecule has 3 N–H and O–H groups in total. The zero-order chi connectivity index (χ0) is 13.8. The Morgan fingerprint density at radius 1 is 1.32 bits per heavy atom. The van der Waals surface area contributed by atoms with Crippen molar-refractivity contribution >= 4 is 17.6 Å². The Balaban J connectivity index is 2.49. The number of carbonyl (C=O) groups excluding carboxylic acids is 1. The van der Waals surface area contributed by atoms with Gasteiger partial charge in [-0.05, 0) is 12.1 Å². The number of hydrogen-bond acceptors (Lipinski definition) is 4. The summed E-state index contributed by atoms with van der Waals surface area (Å²) >= 11 is 0. The SMILES string of the molecule is CNC(=O)c1c(C(=O)O)cccc1N1CCNCC1. The molecule has 1 aliphatic rings. The molecule has 2 rings (SSSR count). The lowest BCUT2D eigenvalue weighted by molar-refractivity contribution is 0.0691. The van der Waals surface area contributed by atoms with Gasteiger partial charge in [-0.3, -0.25) is 4.79 Å². The molecule has 6 nitrogen and oxygen atoms in total. The number of carboxylic acid groups (broad SMARTS) is 1. The highest BCUT2D eigenvalue weighted by atomic mass is 16.4. The predicted molar refractivity (Wildman–Crippen MR) is 71.9 cm³/mol. The van der Waals surface area contributed by atoms with Crippen molar-refractivity contribution in [1.82, 2.24) is 10.6 Å². The van der Waals surface area contributed by atoms with Crippen LogP contribution in [-0.4, -0.2) is 50.2 Å². The van der Waals surface area contributed by atoms with Crippen LogP contribution in [0.15, 0.2) is 18.2 Å². The number of anilines is 1. The summed E-state index contributed by atoms with van der Waals surface area (Å²) in [7, 11) is 1.50. The topological polar surface area (TPSA) is 81.7 Å². The number of carbonyl (C=O) groups is 2. The van der Waals surface area contributed by atoms with Crippen LogP contribution in [0.3, 0.4) is 0 Å². The smallest absolute Gasteiger partial charge is 0.336 e. The van der Waals surface area contributed by atoms with Gasteiger partial charge in [0.2, 0.25) is 0 Å². The van der Waals surface area contributed by atoms with Crippen LogP contribution in [0.1, 0.15) is 20.7 Å². The van der Waals surface area contributed by atoms with E-state index >= 15 is 0 Å². The van der Waals surface area contributed by atoms with E-state index in [1.807, 2.05) is 4.90 Å². The zero-order valence-electron chi connectivity index (χ0n) is 10.8. The first-order valence-corrected chi connectivity index (χ1v) is 6.19. The second kappa shape index (κ2) is 5.71. The Labute approximate surface area is 111 Å². The molecular weight excluding hydrogens is 246 g/mol. The van der Waals surface area contributed by atoms with Crippen LogP contribution in [-0.2, 0) is 0 Å². The Hall–Kier alpha value is -2.08. The Kier molecular flexibility index (Phi) is 4.01. The Bertz CT molecular complexity index is 496. The van der Waals surface area contributed by atoms with Gasteiger partial charge in [0.05, 0.1) is 16.8 Å². The van der Waals surface area contributed by atoms with Gasteiger partial charge >= 0.3 is 5.97 Å². The number of nitrogens with one attached hydrogen (secondary N) is 2. The molecule has 6 heteroatoms. The number of hydrogen-bond donors (Lipinski definition) is 3. The van der Waals surface area contributed by atoms with Gasteiger partial charge in [-0.2, -0.15) is 0 Å². The van der Waals surface area contributed by atoms with Gasteiger partial charge in [-0.25, -0.2) is 4.79 Å². The van der Waals surface area contributed by atoms with Gasteiger partial charge in [0.1, 0.15) is 0 Å². The van der Waals surface area contributed by atoms with E-state index in [0.29, 0.717) is 5.69 Å². The van der Waals surface area contributed by atoms with Crippen LogP contribution in [0.4, 0.5) is 5.69 Å². The molecule has 0 spiro atoms. The highest BCUT2D eigenvalue weighted by Gasteiger charge is 2.23. The van der Waals surface area contributed by atoms with Crippen LogP contribution < -0.4 is 15.5 Å². The molecule has 1 aromatic carbocycles. The van der Waals surface area contributed by atoms with E-state index in [-0.39, 0.29) is 17.0 Å². The minimum atomic E-state index is -1.09. The second-order valence-electron chi connectivity index (χ2n) is 4.32. The number of benzene rings is 1. The Morgan fingerprint density at radius 2 is 2.00 bits per heavy atom. The lowest BCUT2D eigenvalue weighted by Gasteiger charge is -2.31. The third-order valence-electron chi connectivity index (χ3n) is 3.18. The summed E-state index contributed by atoms with van der Waals surface area (Å²) in [5, 5.41) is 15.0.